The van der Waals surface area contributed by atoms with E-state index in [0.29, 0.717) is 0 Å². The summed E-state index contributed by atoms with van der Waals surface area (Å²) in [4.78, 5) is 9.00. The van der Waals surface area contributed by atoms with E-state index in [1.807, 2.05) is 0 Å². The van der Waals surface area contributed by atoms with Gasteiger partial charge in [0.25, 0.3) is 5.97 Å². The van der Waals surface area contributed by atoms with Gasteiger partial charge < -0.3 is 21.0 Å². The molecule has 0 fully saturated rings. The van der Waals surface area contributed by atoms with Crippen molar-refractivity contribution in [1.29, 1.82) is 0 Å². The third-order valence-corrected chi connectivity index (χ3v) is 0.500. The third kappa shape index (κ3) is 358. The van der Waals surface area contributed by atoms with Crippen LogP contribution < -0.4 is 5.32 Å². The molecule has 0 aliphatic heterocycles. The summed E-state index contributed by atoms with van der Waals surface area (Å²) in [6, 6.07) is 0. The van der Waals surface area contributed by atoms with E-state index in [4.69, 9.17) is 15.0 Å². The summed E-state index contributed by atoms with van der Waals surface area (Å²) in [7, 11) is 1.00. The van der Waals surface area contributed by atoms with Crippen LogP contribution >= 0.6 is 0 Å². The molecule has 0 saturated carbocycles. The third-order valence-electron chi connectivity index (χ3n) is 0.500. The Labute approximate surface area is 73.7 Å². The minimum absolute atomic E-state index is 0. The van der Waals surface area contributed by atoms with Gasteiger partial charge in [-0.25, -0.2) is 0 Å². The molecule has 78 valence electrons. The summed E-state index contributed by atoms with van der Waals surface area (Å²) in [5, 5.41) is 17.5. The van der Waals surface area contributed by atoms with Crippen LogP contribution in [0.3, 0.4) is 0 Å². The van der Waals surface area contributed by atoms with Gasteiger partial charge in [-0.3, -0.25) is 4.79 Å². The first-order chi connectivity index (χ1) is 5.15. The zero-order chi connectivity index (χ0) is 9.70. The van der Waals surface area contributed by atoms with Gasteiger partial charge in [0.15, 0.2) is 0 Å². The molecule has 0 aliphatic rings. The second kappa shape index (κ2) is 31.6. The molecule has 0 radical (unpaired) electrons. The topological polar surface area (TPSA) is 101 Å². The number of aliphatic carboxylic acids is 1. The Morgan fingerprint density at radius 2 is 1.42 bits per heavy atom. The van der Waals surface area contributed by atoms with Gasteiger partial charge in [0, 0.05) is 14.0 Å². The van der Waals surface area contributed by atoms with Crippen LogP contribution in [0.15, 0.2) is 0 Å². The molecule has 0 atom stereocenters. The molecule has 0 aromatic carbocycles. The summed E-state index contributed by atoms with van der Waals surface area (Å²) in [5.74, 6) is -0.833. The maximum absolute atomic E-state index is 9.00. The van der Waals surface area contributed by atoms with E-state index >= 15 is 0 Å². The number of carboxylic acids is 1. The van der Waals surface area contributed by atoms with Crippen LogP contribution in [0.5, 0.6) is 0 Å². The van der Waals surface area contributed by atoms with Crippen molar-refractivity contribution in [3.63, 3.8) is 0 Å². The lowest BCUT2D eigenvalue weighted by atomic mass is 10.7. The number of aliphatic hydroxyl groups excluding tert-OH is 1. The standard InChI is InChI=1S/C4H11N.C2H4O2.CH4O.H2O/c1-3-5-4-2;1-2(3)4;1-2;/h5H,3-4H2,1-2H3;1H3,(H,3,4);2H,1H3;1H2. The highest BCUT2D eigenvalue weighted by molar-refractivity contribution is 5.62. The molecule has 12 heavy (non-hydrogen) atoms. The first-order valence-electron chi connectivity index (χ1n) is 3.50. The van der Waals surface area contributed by atoms with Crippen LogP contribution in [-0.4, -0.2) is 41.9 Å². The number of aliphatic hydroxyl groups is 1. The van der Waals surface area contributed by atoms with Gasteiger partial charge in [0.1, 0.15) is 0 Å². The summed E-state index contributed by atoms with van der Waals surface area (Å²) in [6.45, 7) is 7.47. The summed E-state index contributed by atoms with van der Waals surface area (Å²) >= 11 is 0. The molecule has 0 heterocycles. The highest BCUT2D eigenvalue weighted by atomic mass is 16.4. The molecule has 0 rings (SSSR count). The van der Waals surface area contributed by atoms with E-state index in [2.05, 4.69) is 19.2 Å². The Hall–Kier alpha value is -0.650. The Balaban J connectivity index is -0.0000000419. The van der Waals surface area contributed by atoms with E-state index in [-0.39, 0.29) is 5.48 Å². The molecular weight excluding hydrogens is 162 g/mol. The van der Waals surface area contributed by atoms with Crippen molar-refractivity contribution in [2.24, 2.45) is 0 Å². The van der Waals surface area contributed by atoms with Crippen LogP contribution in [0.1, 0.15) is 20.8 Å². The molecule has 0 saturated heterocycles. The molecule has 0 aliphatic carbocycles. The fourth-order valence-electron chi connectivity index (χ4n) is 0.250. The van der Waals surface area contributed by atoms with E-state index < -0.39 is 5.97 Å². The molecule has 0 aromatic rings. The average Bonchev–Trinajstić information content (AvgIpc) is 1.93. The SMILES string of the molecule is CC(=O)O.CCNCC.CO.O. The quantitative estimate of drug-likeness (QED) is 0.536. The van der Waals surface area contributed by atoms with Crippen LogP contribution in [0, 0.1) is 0 Å². The number of hydrogen-bond donors (Lipinski definition) is 3. The Kier molecular flexibility index (Phi) is 59.3. The maximum Gasteiger partial charge on any atom is 0.300 e. The lowest BCUT2D eigenvalue weighted by Gasteiger charge is -1.86. The van der Waals surface area contributed by atoms with Crippen molar-refractivity contribution in [2.75, 3.05) is 20.2 Å². The first kappa shape index (κ1) is 22.5. The van der Waals surface area contributed by atoms with Crippen molar-refractivity contribution >= 4 is 5.97 Å². The highest BCUT2D eigenvalue weighted by Gasteiger charge is 1.65. The molecular formula is C7H21NO4. The van der Waals surface area contributed by atoms with Crippen LogP contribution in [0.4, 0.5) is 0 Å². The Morgan fingerprint density at radius 3 is 1.42 bits per heavy atom. The van der Waals surface area contributed by atoms with Crippen LogP contribution in [0.25, 0.3) is 0 Å². The van der Waals surface area contributed by atoms with Gasteiger partial charge >= 0.3 is 0 Å². The monoisotopic (exact) mass is 183 g/mol. The fourth-order valence-corrected chi connectivity index (χ4v) is 0.250. The number of rotatable bonds is 2. The van der Waals surface area contributed by atoms with Gasteiger partial charge in [0.05, 0.1) is 0 Å². The fraction of sp³-hybridized carbons (Fsp3) is 0.857. The highest BCUT2D eigenvalue weighted by Crippen LogP contribution is 1.47. The minimum Gasteiger partial charge on any atom is -0.481 e. The van der Waals surface area contributed by atoms with Gasteiger partial charge in [-0.15, -0.1) is 0 Å². The smallest absolute Gasteiger partial charge is 0.300 e. The molecule has 0 bridgehead atoms. The number of carboxylic acid groups (broad SMARTS) is 1. The summed E-state index contributed by atoms with van der Waals surface area (Å²) in [5.41, 5.74) is 0. The largest absolute Gasteiger partial charge is 0.481 e. The van der Waals surface area contributed by atoms with Crippen LogP contribution in [0.2, 0.25) is 0 Å². The average molecular weight is 183 g/mol. The molecule has 0 unspecified atom stereocenters. The lowest BCUT2D eigenvalue weighted by molar-refractivity contribution is -0.134. The summed E-state index contributed by atoms with van der Waals surface area (Å²) < 4.78 is 0. The Bertz CT molecular complexity index is 62.4. The maximum atomic E-state index is 9.00. The molecule has 0 spiro atoms. The van der Waals surface area contributed by atoms with E-state index in [1.54, 1.807) is 0 Å². The minimum atomic E-state index is -0.833. The zero-order valence-corrected chi connectivity index (χ0v) is 8.22. The van der Waals surface area contributed by atoms with Crippen molar-refractivity contribution in [2.45, 2.75) is 20.8 Å². The van der Waals surface area contributed by atoms with E-state index in [9.17, 15) is 0 Å². The normalized spacial score (nSPS) is 6.08. The van der Waals surface area contributed by atoms with Crippen molar-refractivity contribution < 1.29 is 20.5 Å². The molecule has 0 amide bonds. The predicted octanol–water partition coefficient (Wildman–Crippen LogP) is -0.510. The summed E-state index contributed by atoms with van der Waals surface area (Å²) in [6.07, 6.45) is 0. The lowest BCUT2D eigenvalue weighted by Crippen LogP contribution is -2.09. The van der Waals surface area contributed by atoms with Gasteiger partial charge in [-0.1, -0.05) is 13.8 Å². The first-order valence-corrected chi connectivity index (χ1v) is 3.50. The second-order valence-corrected chi connectivity index (χ2v) is 1.48. The molecule has 5 heteroatoms. The molecule has 0 aromatic heterocycles. The number of carbonyl (C=O) groups is 1. The van der Waals surface area contributed by atoms with E-state index in [1.165, 1.54) is 0 Å². The molecule has 5 N–H and O–H groups in total. The second-order valence-electron chi connectivity index (χ2n) is 1.48. The predicted molar refractivity (Wildman–Crippen MR) is 49.3 cm³/mol. The van der Waals surface area contributed by atoms with E-state index in [0.717, 1.165) is 27.1 Å². The zero-order valence-electron chi connectivity index (χ0n) is 8.22. The molecule has 5 nitrogen and oxygen atoms in total. The number of hydrogen-bond acceptors (Lipinski definition) is 3. The van der Waals surface area contributed by atoms with Crippen LogP contribution in [-0.2, 0) is 4.79 Å². The number of nitrogens with one attached hydrogen (secondary N) is 1. The van der Waals surface area contributed by atoms with Crippen molar-refractivity contribution in [3.8, 4) is 0 Å². The van der Waals surface area contributed by atoms with Crippen molar-refractivity contribution in [1.82, 2.24) is 5.32 Å². The Morgan fingerprint density at radius 1 is 1.25 bits per heavy atom. The van der Waals surface area contributed by atoms with Gasteiger partial charge in [-0.2, -0.15) is 0 Å². The van der Waals surface area contributed by atoms with Gasteiger partial charge in [0.2, 0.25) is 0 Å². The van der Waals surface area contributed by atoms with Crippen molar-refractivity contribution in [3.05, 3.63) is 0 Å². The van der Waals surface area contributed by atoms with Gasteiger partial charge in [-0.05, 0) is 13.1 Å².